The Morgan fingerprint density at radius 3 is 2.23 bits per heavy atom. The Balaban J connectivity index is 0.000000238. The zero-order chi connectivity index (χ0) is 37.2. The number of nitrogens with zero attached hydrogens (tertiary/aromatic N) is 2. The second-order valence-corrected chi connectivity index (χ2v) is 22.7. The fraction of sp³-hybridized carbons (Fsp3) is 0.171. The maximum absolute atomic E-state index is 7.90. The van der Waals surface area contributed by atoms with Gasteiger partial charge in [-0.05, 0) is 69.5 Å². The molecule has 47 heavy (non-hydrogen) atoms. The number of rotatable bonds is 3. The molecule has 0 saturated heterocycles. The zero-order valence-corrected chi connectivity index (χ0v) is 31.3. The van der Waals surface area contributed by atoms with Gasteiger partial charge < -0.3 is 14.4 Å². The molecule has 0 unspecified atom stereocenters. The van der Waals surface area contributed by atoms with Crippen LogP contribution in [0.5, 0.6) is 0 Å². The van der Waals surface area contributed by atoms with E-state index in [-0.39, 0.29) is 31.2 Å². The van der Waals surface area contributed by atoms with E-state index >= 15 is 0 Å². The third-order valence-corrected chi connectivity index (χ3v) is 14.5. The van der Waals surface area contributed by atoms with Gasteiger partial charge in [0, 0.05) is 46.1 Å². The molecule has 0 fully saturated rings. The molecule has 4 aromatic carbocycles. The van der Waals surface area contributed by atoms with E-state index in [9.17, 15) is 0 Å². The average Bonchev–Trinajstić information content (AvgIpc) is 3.58. The van der Waals surface area contributed by atoms with Gasteiger partial charge in [-0.1, -0.05) is 91.7 Å². The van der Waals surface area contributed by atoms with Crippen molar-refractivity contribution in [2.75, 3.05) is 0 Å². The summed E-state index contributed by atoms with van der Waals surface area (Å²) in [6, 6.07) is 36.5. The Morgan fingerprint density at radius 1 is 0.723 bits per heavy atom. The standard InChI is InChI=1S/C27H22NOSi.C14H16NSi.Ir/c1-16-12-23(28-15-17(16)2)20-10-7-9-19-21-13-22-18-8-5-6-11-25(18)30(3,4)26(22)14-24(21)29-27(19)20;1-16(2,3)13-9-10-14(15-11-13)12-7-5-4-6-8-12;/h5-9,11-15H,1-4H3;4-7,9-11H,1-3H3;/q2*-1;/i1D3,2D3;;. The molecule has 1 aliphatic heterocycles. The van der Waals surface area contributed by atoms with Crippen LogP contribution in [0.4, 0.5) is 0 Å². The Hall–Kier alpha value is -3.94. The molecule has 7 aromatic rings. The second-order valence-electron chi connectivity index (χ2n) is 13.3. The number of fused-ring (bicyclic) bond motifs is 6. The summed E-state index contributed by atoms with van der Waals surface area (Å²) in [6.45, 7) is 6.50. The molecule has 6 heteroatoms. The largest absolute Gasteiger partial charge is 0.501 e. The summed E-state index contributed by atoms with van der Waals surface area (Å²) in [5, 5.41) is 5.98. The van der Waals surface area contributed by atoms with Crippen LogP contribution in [-0.2, 0) is 20.1 Å². The molecule has 3 aromatic heterocycles. The fourth-order valence-corrected chi connectivity index (χ4v) is 10.4. The van der Waals surface area contributed by atoms with E-state index < -0.39 is 29.9 Å². The van der Waals surface area contributed by atoms with Crippen LogP contribution < -0.4 is 15.6 Å². The quantitative estimate of drug-likeness (QED) is 0.132. The normalized spacial score (nSPS) is 15.4. The summed E-state index contributed by atoms with van der Waals surface area (Å²) < 4.78 is 53.3. The van der Waals surface area contributed by atoms with E-state index in [4.69, 9.17) is 12.6 Å². The molecule has 1 radical (unpaired) electrons. The first-order valence-corrected chi connectivity index (χ1v) is 21.9. The van der Waals surface area contributed by atoms with E-state index in [1.54, 1.807) is 6.07 Å². The zero-order valence-electron chi connectivity index (χ0n) is 33.0. The smallest absolute Gasteiger partial charge is 0.120 e. The van der Waals surface area contributed by atoms with Crippen molar-refractivity contribution in [3.8, 4) is 33.6 Å². The predicted octanol–water partition coefficient (Wildman–Crippen LogP) is 8.96. The Labute approximate surface area is 301 Å². The van der Waals surface area contributed by atoms with Gasteiger partial charge in [0.25, 0.3) is 0 Å². The molecule has 0 atom stereocenters. The predicted molar refractivity (Wildman–Crippen MR) is 199 cm³/mol. The molecular weight excluding hydrogens is 785 g/mol. The van der Waals surface area contributed by atoms with Crippen LogP contribution in [0.2, 0.25) is 32.7 Å². The van der Waals surface area contributed by atoms with Gasteiger partial charge >= 0.3 is 0 Å². The fourth-order valence-electron chi connectivity index (χ4n) is 6.27. The van der Waals surface area contributed by atoms with Gasteiger partial charge in [0.15, 0.2) is 0 Å². The number of aryl methyl sites for hydroxylation is 2. The Kier molecular flexibility index (Phi) is 6.98. The van der Waals surface area contributed by atoms with Crippen LogP contribution in [0.15, 0.2) is 108 Å². The first kappa shape index (κ1) is 26.1. The number of hydrogen-bond acceptors (Lipinski definition) is 3. The maximum atomic E-state index is 7.90. The first-order valence-electron chi connectivity index (χ1n) is 18.4. The molecule has 4 heterocycles. The molecule has 0 saturated carbocycles. The number of benzene rings is 4. The topological polar surface area (TPSA) is 38.9 Å². The van der Waals surface area contributed by atoms with Crippen molar-refractivity contribution in [3.05, 3.63) is 127 Å². The minimum atomic E-state index is -2.60. The molecule has 3 nitrogen and oxygen atoms in total. The van der Waals surface area contributed by atoms with Crippen molar-refractivity contribution in [3.63, 3.8) is 0 Å². The average molecular weight is 829 g/mol. The van der Waals surface area contributed by atoms with Crippen LogP contribution in [0, 0.1) is 25.8 Å². The maximum Gasteiger partial charge on any atom is 0.120 e. The number of hydrogen-bond donors (Lipinski definition) is 0. The molecule has 0 N–H and O–H groups in total. The van der Waals surface area contributed by atoms with Crippen molar-refractivity contribution < 1.29 is 32.7 Å². The summed E-state index contributed by atoms with van der Waals surface area (Å²) in [7, 11) is -3.10. The molecule has 8 rings (SSSR count). The molecule has 0 aliphatic carbocycles. The van der Waals surface area contributed by atoms with E-state index in [2.05, 4.69) is 103 Å². The van der Waals surface area contributed by atoms with Crippen LogP contribution in [0.25, 0.3) is 55.6 Å². The van der Waals surface area contributed by atoms with Crippen molar-refractivity contribution in [2.45, 2.75) is 46.4 Å². The van der Waals surface area contributed by atoms with Gasteiger partial charge in [-0.2, -0.15) is 0 Å². The van der Waals surface area contributed by atoms with E-state index in [1.807, 2.05) is 36.5 Å². The van der Waals surface area contributed by atoms with Crippen LogP contribution in [0.3, 0.4) is 0 Å². The molecule has 1 aliphatic rings. The number of pyridine rings is 2. The van der Waals surface area contributed by atoms with Crippen molar-refractivity contribution in [1.29, 1.82) is 0 Å². The second kappa shape index (κ2) is 12.6. The van der Waals surface area contributed by atoms with Crippen LogP contribution in [-0.4, -0.2) is 26.1 Å². The van der Waals surface area contributed by atoms with Crippen LogP contribution >= 0.6 is 0 Å². The Bertz CT molecular complexity index is 2450. The van der Waals surface area contributed by atoms with Gasteiger partial charge in [0.1, 0.15) is 13.7 Å². The molecule has 0 amide bonds. The molecule has 237 valence electrons. The monoisotopic (exact) mass is 829 g/mol. The van der Waals surface area contributed by atoms with Crippen LogP contribution in [0.1, 0.15) is 19.4 Å². The van der Waals surface area contributed by atoms with Gasteiger partial charge in [0.05, 0.1) is 13.7 Å². The van der Waals surface area contributed by atoms with Gasteiger partial charge in [-0.3, -0.25) is 0 Å². The van der Waals surface area contributed by atoms with E-state index in [0.717, 1.165) is 33.8 Å². The summed E-state index contributed by atoms with van der Waals surface area (Å²) in [5.74, 6) is 0. The molecule has 0 spiro atoms. The third kappa shape index (κ3) is 6.00. The van der Waals surface area contributed by atoms with Gasteiger partial charge in [-0.25, -0.2) is 0 Å². The number of aromatic nitrogens is 2. The van der Waals surface area contributed by atoms with Crippen molar-refractivity contribution >= 4 is 53.6 Å². The van der Waals surface area contributed by atoms with E-state index in [0.29, 0.717) is 16.8 Å². The minimum absolute atomic E-state index is 0. The number of furan rings is 1. The summed E-state index contributed by atoms with van der Waals surface area (Å²) in [5.41, 5.74) is 6.18. The molecule has 0 bridgehead atoms. The van der Waals surface area contributed by atoms with Crippen molar-refractivity contribution in [1.82, 2.24) is 9.97 Å². The summed E-state index contributed by atoms with van der Waals surface area (Å²) in [6.07, 6.45) is 3.15. The van der Waals surface area contributed by atoms with E-state index in [1.165, 1.54) is 32.8 Å². The first-order chi connectivity index (χ1) is 24.4. The molecular formula is C41H38IrN2OSi2-2. The SMILES string of the molecule is C[Si](C)(C)c1ccc(-c2[c-]cccc2)nc1.[2H]C([2H])([2H])c1cnc(-c2[c-]ccc3c2oc2cc4c(cc23)-c2ccccc2[Si]4(C)C)cc1C([2H])([2H])[2H].[Ir]. The van der Waals surface area contributed by atoms with Gasteiger partial charge in [-0.15, -0.1) is 54.1 Å². The third-order valence-electron chi connectivity index (χ3n) is 8.91. The summed E-state index contributed by atoms with van der Waals surface area (Å²) >= 11 is 0. The Morgan fingerprint density at radius 2 is 1.51 bits per heavy atom. The van der Waals surface area contributed by atoms with Crippen molar-refractivity contribution in [2.24, 2.45) is 0 Å². The van der Waals surface area contributed by atoms with Gasteiger partial charge in [0.2, 0.25) is 0 Å². The summed E-state index contributed by atoms with van der Waals surface area (Å²) in [4.78, 5) is 8.85. The minimum Gasteiger partial charge on any atom is -0.501 e.